The fourth-order valence-corrected chi connectivity index (χ4v) is 4.98. The van der Waals surface area contributed by atoms with E-state index < -0.39 is 5.60 Å². The highest BCUT2D eigenvalue weighted by molar-refractivity contribution is 6.30. The first-order valence-electron chi connectivity index (χ1n) is 11.5. The van der Waals surface area contributed by atoms with E-state index in [1.54, 1.807) is 12.1 Å². The van der Waals surface area contributed by atoms with Crippen LogP contribution < -0.4 is 0 Å². The van der Waals surface area contributed by atoms with Crippen molar-refractivity contribution >= 4 is 29.8 Å². The van der Waals surface area contributed by atoms with Crippen LogP contribution >= 0.6 is 24.0 Å². The fourth-order valence-electron chi connectivity index (χ4n) is 4.85. The lowest BCUT2D eigenvalue weighted by Crippen LogP contribution is -2.44. The second-order valence-electron chi connectivity index (χ2n) is 8.79. The minimum Gasteiger partial charge on any atom is -0.380 e. The van der Waals surface area contributed by atoms with Gasteiger partial charge in [0.2, 0.25) is 0 Å². The third kappa shape index (κ3) is 6.05. The SMILES string of the molecule is Cl.O=C(CCCN1CCC(C(O)(c2ccccc2)c2ccc(Cl)cc2)CC1)c1ccc(F)cc1. The standard InChI is InChI=1S/C28H29ClFNO2.ClH/c29-25-12-10-23(11-13-25)28(33,22-5-2-1-3-6-22)24-16-19-31(20-17-24)18-4-7-27(32)21-8-14-26(30)15-9-21;/h1-3,5-6,8-15,24,33H,4,7,16-20H2;1H. The topological polar surface area (TPSA) is 40.5 Å². The van der Waals surface area contributed by atoms with Gasteiger partial charge < -0.3 is 10.0 Å². The number of carbonyl (C=O) groups is 1. The smallest absolute Gasteiger partial charge is 0.162 e. The van der Waals surface area contributed by atoms with Gasteiger partial charge in [0.1, 0.15) is 11.4 Å². The molecular weight excluding hydrogens is 472 g/mol. The third-order valence-electron chi connectivity index (χ3n) is 6.72. The van der Waals surface area contributed by atoms with Gasteiger partial charge in [0, 0.05) is 17.0 Å². The van der Waals surface area contributed by atoms with Crippen LogP contribution in [0.15, 0.2) is 78.9 Å². The van der Waals surface area contributed by atoms with Crippen LogP contribution in [-0.2, 0) is 5.60 Å². The number of hydrogen-bond acceptors (Lipinski definition) is 3. The first kappa shape index (κ1) is 26.4. The Kier molecular flexibility index (Phi) is 9.26. The number of aliphatic hydroxyl groups is 1. The van der Waals surface area contributed by atoms with Crippen molar-refractivity contribution in [3.63, 3.8) is 0 Å². The van der Waals surface area contributed by atoms with E-state index in [9.17, 15) is 14.3 Å². The molecule has 180 valence electrons. The molecule has 1 aliphatic rings. The summed E-state index contributed by atoms with van der Waals surface area (Å²) in [5.74, 6) is -0.201. The average Bonchev–Trinajstić information content (AvgIpc) is 2.85. The molecule has 0 saturated carbocycles. The van der Waals surface area contributed by atoms with Gasteiger partial charge in [-0.05, 0) is 92.3 Å². The van der Waals surface area contributed by atoms with E-state index in [2.05, 4.69) is 4.90 Å². The van der Waals surface area contributed by atoms with Crippen molar-refractivity contribution in [3.8, 4) is 0 Å². The first-order valence-corrected chi connectivity index (χ1v) is 11.9. The van der Waals surface area contributed by atoms with Crippen LogP contribution in [0.2, 0.25) is 5.02 Å². The van der Waals surface area contributed by atoms with E-state index >= 15 is 0 Å². The summed E-state index contributed by atoms with van der Waals surface area (Å²) in [4.78, 5) is 14.7. The van der Waals surface area contributed by atoms with Crippen LogP contribution in [0.3, 0.4) is 0 Å². The fraction of sp³-hybridized carbons (Fsp3) is 0.321. The molecule has 0 amide bonds. The molecule has 1 atom stereocenters. The van der Waals surface area contributed by atoms with Gasteiger partial charge in [-0.3, -0.25) is 4.79 Å². The molecule has 1 N–H and O–H groups in total. The largest absolute Gasteiger partial charge is 0.380 e. The van der Waals surface area contributed by atoms with Crippen LogP contribution in [0.1, 0.15) is 47.2 Å². The molecular formula is C28H30Cl2FNO2. The molecule has 1 fully saturated rings. The highest BCUT2D eigenvalue weighted by Crippen LogP contribution is 2.42. The summed E-state index contributed by atoms with van der Waals surface area (Å²) < 4.78 is 13.1. The molecule has 0 aliphatic carbocycles. The molecule has 0 bridgehead atoms. The summed E-state index contributed by atoms with van der Waals surface area (Å²) in [6, 6.07) is 23.1. The van der Waals surface area contributed by atoms with Crippen LogP contribution in [0, 0.1) is 11.7 Å². The molecule has 4 rings (SSSR count). The Morgan fingerprint density at radius 3 is 2.15 bits per heavy atom. The van der Waals surface area contributed by atoms with Crippen molar-refractivity contribution in [1.82, 2.24) is 4.90 Å². The quantitative estimate of drug-likeness (QED) is 0.357. The number of hydrogen-bond donors (Lipinski definition) is 1. The number of halogens is 3. The minimum atomic E-state index is -1.07. The van der Waals surface area contributed by atoms with Crippen molar-refractivity contribution in [2.24, 2.45) is 5.92 Å². The zero-order valence-corrected chi connectivity index (χ0v) is 20.6. The number of benzene rings is 3. The maximum absolute atomic E-state index is 13.1. The number of carbonyl (C=O) groups excluding carboxylic acids is 1. The van der Waals surface area contributed by atoms with Gasteiger partial charge >= 0.3 is 0 Å². The predicted molar refractivity (Wildman–Crippen MR) is 137 cm³/mol. The lowest BCUT2D eigenvalue weighted by atomic mass is 9.72. The van der Waals surface area contributed by atoms with Gasteiger partial charge in [0.25, 0.3) is 0 Å². The Morgan fingerprint density at radius 2 is 1.53 bits per heavy atom. The van der Waals surface area contributed by atoms with Crippen molar-refractivity contribution in [3.05, 3.63) is 106 Å². The van der Waals surface area contributed by atoms with E-state index in [0.29, 0.717) is 17.0 Å². The molecule has 1 heterocycles. The van der Waals surface area contributed by atoms with Gasteiger partial charge in [-0.1, -0.05) is 54.1 Å². The lowest BCUT2D eigenvalue weighted by Gasteiger charge is -2.42. The van der Waals surface area contributed by atoms with Crippen LogP contribution in [0.5, 0.6) is 0 Å². The summed E-state index contributed by atoms with van der Waals surface area (Å²) in [6.45, 7) is 2.58. The second kappa shape index (κ2) is 11.9. The number of likely N-dealkylation sites (tertiary alicyclic amines) is 1. The zero-order chi connectivity index (χ0) is 23.3. The van der Waals surface area contributed by atoms with Gasteiger partial charge in [-0.2, -0.15) is 0 Å². The van der Waals surface area contributed by atoms with Gasteiger partial charge in [-0.15, -0.1) is 12.4 Å². The molecule has 0 spiro atoms. The molecule has 3 aromatic rings. The van der Waals surface area contributed by atoms with Crippen molar-refractivity contribution in [1.29, 1.82) is 0 Å². The highest BCUT2D eigenvalue weighted by Gasteiger charge is 2.41. The number of rotatable bonds is 8. The van der Waals surface area contributed by atoms with E-state index in [1.165, 1.54) is 12.1 Å². The van der Waals surface area contributed by atoms with Gasteiger partial charge in [0.05, 0.1) is 0 Å². The Morgan fingerprint density at radius 1 is 0.941 bits per heavy atom. The van der Waals surface area contributed by atoms with Gasteiger partial charge in [-0.25, -0.2) is 4.39 Å². The molecule has 3 nitrogen and oxygen atoms in total. The van der Waals surface area contributed by atoms with E-state index in [0.717, 1.165) is 50.0 Å². The first-order chi connectivity index (χ1) is 16.0. The maximum Gasteiger partial charge on any atom is 0.162 e. The Labute approximate surface area is 212 Å². The van der Waals surface area contributed by atoms with E-state index in [1.807, 2.05) is 54.6 Å². The second-order valence-corrected chi connectivity index (χ2v) is 9.23. The Bertz CT molecular complexity index is 1050. The van der Waals surface area contributed by atoms with E-state index in [-0.39, 0.29) is 29.9 Å². The molecule has 1 unspecified atom stereocenters. The summed E-state index contributed by atoms with van der Waals surface area (Å²) >= 11 is 6.10. The predicted octanol–water partition coefficient (Wildman–Crippen LogP) is 6.51. The summed E-state index contributed by atoms with van der Waals surface area (Å²) in [7, 11) is 0. The van der Waals surface area contributed by atoms with Gasteiger partial charge in [0.15, 0.2) is 5.78 Å². The number of piperidine rings is 1. The number of nitrogens with zero attached hydrogens (tertiary/aromatic N) is 1. The molecule has 3 aromatic carbocycles. The maximum atomic E-state index is 13.1. The van der Waals surface area contributed by atoms with Crippen molar-refractivity contribution < 1.29 is 14.3 Å². The molecule has 1 aliphatic heterocycles. The monoisotopic (exact) mass is 501 g/mol. The third-order valence-corrected chi connectivity index (χ3v) is 6.97. The normalized spacial score (nSPS) is 16.4. The summed E-state index contributed by atoms with van der Waals surface area (Å²) in [5.41, 5.74) is 1.25. The van der Waals surface area contributed by atoms with Crippen LogP contribution in [0.25, 0.3) is 0 Å². The Balaban J connectivity index is 0.00000324. The molecule has 0 radical (unpaired) electrons. The van der Waals surface area contributed by atoms with Crippen LogP contribution in [-0.4, -0.2) is 35.4 Å². The lowest BCUT2D eigenvalue weighted by molar-refractivity contribution is -0.0142. The minimum absolute atomic E-state index is 0. The average molecular weight is 502 g/mol. The van der Waals surface area contributed by atoms with E-state index in [4.69, 9.17) is 11.6 Å². The molecule has 1 saturated heterocycles. The van der Waals surface area contributed by atoms with Crippen molar-refractivity contribution in [2.45, 2.75) is 31.3 Å². The van der Waals surface area contributed by atoms with Crippen molar-refractivity contribution in [2.75, 3.05) is 19.6 Å². The number of Topliss-reactive ketones (excluding diaryl/α,β-unsaturated/α-hetero) is 1. The molecule has 34 heavy (non-hydrogen) atoms. The summed E-state index contributed by atoms with van der Waals surface area (Å²) in [6.07, 6.45) is 2.94. The summed E-state index contributed by atoms with van der Waals surface area (Å²) in [5, 5.41) is 12.7. The number of ketones is 1. The van der Waals surface area contributed by atoms with Crippen LogP contribution in [0.4, 0.5) is 4.39 Å². The molecule has 0 aromatic heterocycles. The Hall–Kier alpha value is -2.24. The zero-order valence-electron chi connectivity index (χ0n) is 19.0. The highest BCUT2D eigenvalue weighted by atomic mass is 35.5. The molecule has 6 heteroatoms.